The number of hydrogen-bond donors (Lipinski definition) is 2. The van der Waals surface area contributed by atoms with Crippen molar-refractivity contribution in [2.45, 2.75) is 6.92 Å². The van der Waals surface area contributed by atoms with Crippen molar-refractivity contribution in [3.8, 4) is 0 Å². The van der Waals surface area contributed by atoms with E-state index in [4.69, 9.17) is 10.8 Å². The molecule has 0 saturated heterocycles. The number of amides is 1. The molecule has 1 amide bonds. The van der Waals surface area contributed by atoms with Gasteiger partial charge in [0.2, 0.25) is 5.91 Å². The van der Waals surface area contributed by atoms with Gasteiger partial charge in [-0.3, -0.25) is 9.59 Å². The van der Waals surface area contributed by atoms with Crippen LogP contribution in [0.3, 0.4) is 0 Å². The van der Waals surface area contributed by atoms with E-state index in [1.807, 2.05) is 0 Å². The molecule has 0 aromatic heterocycles. The maximum atomic E-state index is 11.1. The van der Waals surface area contributed by atoms with Crippen molar-refractivity contribution >= 4 is 17.7 Å². The zero-order valence-electron chi connectivity index (χ0n) is 7.03. The van der Waals surface area contributed by atoms with Gasteiger partial charge in [0.1, 0.15) is 5.57 Å². The number of primary amides is 1. The molecule has 5 heteroatoms. The van der Waals surface area contributed by atoms with Crippen LogP contribution in [-0.2, 0) is 14.4 Å². The summed E-state index contributed by atoms with van der Waals surface area (Å²) in [4.78, 5) is 31.8. The number of Topliss-reactive ketones (excluding diaryl/α,β-unsaturated/α-hetero) is 1. The molecule has 0 aliphatic heterocycles. The van der Waals surface area contributed by atoms with Crippen molar-refractivity contribution in [2.75, 3.05) is 0 Å². The molecular formula is C8H9NO4. The minimum absolute atomic E-state index is 0.0369. The van der Waals surface area contributed by atoms with Gasteiger partial charge in [0.25, 0.3) is 0 Å². The smallest absolute Gasteiger partial charge is 0.339 e. The van der Waals surface area contributed by atoms with Crippen LogP contribution in [-0.4, -0.2) is 22.8 Å². The van der Waals surface area contributed by atoms with E-state index in [2.05, 4.69) is 6.58 Å². The average Bonchev–Trinajstić information content (AvgIpc) is 1.97. The first kappa shape index (κ1) is 11.1. The Morgan fingerprint density at radius 1 is 1.38 bits per heavy atom. The van der Waals surface area contributed by atoms with Gasteiger partial charge in [0, 0.05) is 6.08 Å². The zero-order chi connectivity index (χ0) is 10.6. The van der Waals surface area contributed by atoms with Crippen molar-refractivity contribution in [3.05, 3.63) is 23.8 Å². The molecule has 0 fully saturated rings. The average molecular weight is 183 g/mol. The van der Waals surface area contributed by atoms with Crippen LogP contribution in [0.1, 0.15) is 6.92 Å². The predicted molar refractivity (Wildman–Crippen MR) is 44.7 cm³/mol. The molecule has 0 heterocycles. The second kappa shape index (κ2) is 4.20. The fourth-order valence-corrected chi connectivity index (χ4v) is 0.597. The van der Waals surface area contributed by atoms with E-state index >= 15 is 0 Å². The summed E-state index contributed by atoms with van der Waals surface area (Å²) in [6.45, 7) is 4.61. The molecule has 0 bridgehead atoms. The Kier molecular flexibility index (Phi) is 3.58. The highest BCUT2D eigenvalue weighted by Gasteiger charge is 2.18. The lowest BCUT2D eigenvalue weighted by Crippen LogP contribution is -2.17. The summed E-state index contributed by atoms with van der Waals surface area (Å²) in [5, 5.41) is 8.50. The van der Waals surface area contributed by atoms with Gasteiger partial charge in [-0.1, -0.05) is 6.58 Å². The van der Waals surface area contributed by atoms with Gasteiger partial charge in [-0.15, -0.1) is 0 Å². The summed E-state index contributed by atoms with van der Waals surface area (Å²) >= 11 is 0. The van der Waals surface area contributed by atoms with Gasteiger partial charge < -0.3 is 10.8 Å². The Hall–Kier alpha value is -1.91. The number of carbonyl (C=O) groups excluding carboxylic acids is 2. The molecule has 0 saturated carbocycles. The summed E-state index contributed by atoms with van der Waals surface area (Å²) in [6.07, 6.45) is 0.569. The molecule has 13 heavy (non-hydrogen) atoms. The molecule has 5 nitrogen and oxygen atoms in total. The number of hydrogen-bond acceptors (Lipinski definition) is 3. The molecule has 3 N–H and O–H groups in total. The number of nitrogens with two attached hydrogens (primary N) is 1. The number of carboxylic acid groups (broad SMARTS) is 1. The van der Waals surface area contributed by atoms with Gasteiger partial charge in [0.05, 0.1) is 0 Å². The molecule has 0 aliphatic carbocycles. The number of ketones is 1. The maximum absolute atomic E-state index is 11.1. The minimum atomic E-state index is -1.49. The largest absolute Gasteiger partial charge is 0.478 e. The van der Waals surface area contributed by atoms with E-state index in [9.17, 15) is 14.4 Å². The van der Waals surface area contributed by atoms with Gasteiger partial charge in [-0.05, 0) is 12.5 Å². The number of carboxylic acids is 1. The number of carbonyl (C=O) groups is 3. The Balaban J connectivity index is 5.05. The summed E-state index contributed by atoms with van der Waals surface area (Å²) in [5.74, 6) is -3.27. The predicted octanol–water partition coefficient (Wildman–Crippen LogP) is -0.372. The molecule has 0 atom stereocenters. The monoisotopic (exact) mass is 183 g/mol. The normalized spacial score (nSPS) is 10.7. The van der Waals surface area contributed by atoms with Crippen LogP contribution in [0.4, 0.5) is 0 Å². The minimum Gasteiger partial charge on any atom is -0.478 e. The second-order valence-corrected chi connectivity index (χ2v) is 2.37. The van der Waals surface area contributed by atoms with Crippen LogP contribution in [0.15, 0.2) is 23.8 Å². The van der Waals surface area contributed by atoms with E-state index in [0.717, 1.165) is 0 Å². The first-order valence-electron chi connectivity index (χ1n) is 3.31. The van der Waals surface area contributed by atoms with Crippen LogP contribution < -0.4 is 5.73 Å². The lowest BCUT2D eigenvalue weighted by molar-refractivity contribution is -0.134. The van der Waals surface area contributed by atoms with Crippen LogP contribution in [0.5, 0.6) is 0 Å². The Bertz CT molecular complexity index is 314. The Morgan fingerprint density at radius 3 is 2.08 bits per heavy atom. The SMILES string of the molecule is C=C(C)C(=O)C(=CC(N)=O)C(=O)O. The van der Waals surface area contributed by atoms with Gasteiger partial charge in [0.15, 0.2) is 5.78 Å². The summed E-state index contributed by atoms with van der Waals surface area (Å²) < 4.78 is 0. The summed E-state index contributed by atoms with van der Waals surface area (Å²) in [7, 11) is 0. The Labute approximate surface area is 74.5 Å². The molecule has 0 aliphatic rings. The topological polar surface area (TPSA) is 97.5 Å². The van der Waals surface area contributed by atoms with Crippen molar-refractivity contribution in [1.82, 2.24) is 0 Å². The van der Waals surface area contributed by atoms with E-state index in [1.54, 1.807) is 0 Å². The van der Waals surface area contributed by atoms with Crippen molar-refractivity contribution in [2.24, 2.45) is 5.73 Å². The molecule has 0 aromatic carbocycles. The molecule has 70 valence electrons. The molecule has 0 aromatic rings. The van der Waals surface area contributed by atoms with E-state index < -0.39 is 23.2 Å². The Morgan fingerprint density at radius 2 is 1.85 bits per heavy atom. The van der Waals surface area contributed by atoms with Crippen LogP contribution in [0.25, 0.3) is 0 Å². The van der Waals surface area contributed by atoms with Crippen LogP contribution in [0, 0.1) is 0 Å². The fourth-order valence-electron chi connectivity index (χ4n) is 0.597. The second-order valence-electron chi connectivity index (χ2n) is 2.37. The van der Waals surface area contributed by atoms with Crippen molar-refractivity contribution < 1.29 is 19.5 Å². The zero-order valence-corrected chi connectivity index (χ0v) is 7.03. The molecule has 0 rings (SSSR count). The van der Waals surface area contributed by atoms with E-state index in [-0.39, 0.29) is 5.57 Å². The van der Waals surface area contributed by atoms with Gasteiger partial charge in [-0.25, -0.2) is 4.79 Å². The highest BCUT2D eigenvalue weighted by Crippen LogP contribution is 2.03. The number of allylic oxidation sites excluding steroid dienone is 1. The highest BCUT2D eigenvalue weighted by atomic mass is 16.4. The van der Waals surface area contributed by atoms with E-state index in [0.29, 0.717) is 6.08 Å². The fraction of sp³-hybridized carbons (Fsp3) is 0.125. The standard InChI is InChI=1S/C8H9NO4/c1-4(2)7(11)5(8(12)13)3-6(9)10/h3H,1H2,2H3,(H2,9,10)(H,12,13). The molecule has 0 radical (unpaired) electrons. The van der Waals surface area contributed by atoms with Gasteiger partial charge >= 0.3 is 5.97 Å². The third kappa shape index (κ3) is 3.33. The van der Waals surface area contributed by atoms with Crippen LogP contribution >= 0.6 is 0 Å². The van der Waals surface area contributed by atoms with Gasteiger partial charge in [-0.2, -0.15) is 0 Å². The molecular weight excluding hydrogens is 174 g/mol. The van der Waals surface area contributed by atoms with Crippen molar-refractivity contribution in [1.29, 1.82) is 0 Å². The van der Waals surface area contributed by atoms with Crippen molar-refractivity contribution in [3.63, 3.8) is 0 Å². The summed E-state index contributed by atoms with van der Waals surface area (Å²) in [6, 6.07) is 0. The lowest BCUT2D eigenvalue weighted by atomic mass is 10.1. The molecule has 0 unspecified atom stereocenters. The number of rotatable bonds is 4. The number of aliphatic carboxylic acids is 1. The maximum Gasteiger partial charge on any atom is 0.339 e. The quantitative estimate of drug-likeness (QED) is 0.353. The third-order valence-corrected chi connectivity index (χ3v) is 1.15. The third-order valence-electron chi connectivity index (χ3n) is 1.15. The molecule has 0 spiro atoms. The van der Waals surface area contributed by atoms with E-state index in [1.165, 1.54) is 6.92 Å². The first-order chi connectivity index (χ1) is 5.86. The summed E-state index contributed by atoms with van der Waals surface area (Å²) in [5.41, 5.74) is 4.08. The highest BCUT2D eigenvalue weighted by molar-refractivity contribution is 6.25. The lowest BCUT2D eigenvalue weighted by Gasteiger charge is -1.98. The first-order valence-corrected chi connectivity index (χ1v) is 3.31. The van der Waals surface area contributed by atoms with Crippen LogP contribution in [0.2, 0.25) is 0 Å².